The molecule has 2 heterocycles. The highest BCUT2D eigenvalue weighted by atomic mass is 19.4. The monoisotopic (exact) mass is 924 g/mol. The van der Waals surface area contributed by atoms with Crippen LogP contribution in [0.3, 0.4) is 0 Å². The van der Waals surface area contributed by atoms with Gasteiger partial charge in [-0.1, -0.05) is 12.1 Å². The number of aliphatic hydroxyl groups is 3. The number of alkyl halides is 3. The molecule has 1 unspecified atom stereocenters. The van der Waals surface area contributed by atoms with Crippen molar-refractivity contribution in [3.63, 3.8) is 0 Å². The fraction of sp³-hybridized carbons (Fsp3) is 0.744. The van der Waals surface area contributed by atoms with Gasteiger partial charge in [-0.15, -0.1) is 0 Å². The number of likely N-dealkylation sites (N-methyl/N-ethyl adjacent to an activating group) is 1. The van der Waals surface area contributed by atoms with Crippen molar-refractivity contribution in [1.29, 1.82) is 0 Å². The normalized spacial score (nSPS) is 31.8. The zero-order chi connectivity index (χ0) is 48.3. The van der Waals surface area contributed by atoms with E-state index < -0.39 is 132 Å². The molecule has 64 heavy (non-hydrogen) atoms. The van der Waals surface area contributed by atoms with Gasteiger partial charge in [0.25, 0.3) is 5.69 Å². The van der Waals surface area contributed by atoms with Crippen LogP contribution in [-0.4, -0.2) is 164 Å². The minimum atomic E-state index is -5.38. The molecule has 0 radical (unpaired) electrons. The van der Waals surface area contributed by atoms with Crippen molar-refractivity contribution in [2.24, 2.45) is 5.73 Å². The van der Waals surface area contributed by atoms with Crippen LogP contribution in [0.2, 0.25) is 0 Å². The van der Waals surface area contributed by atoms with Crippen molar-refractivity contribution in [1.82, 2.24) is 20.9 Å². The van der Waals surface area contributed by atoms with Crippen LogP contribution in [0.5, 0.6) is 0 Å². The minimum Gasteiger partial charge on any atom is -0.465 e. The van der Waals surface area contributed by atoms with Crippen LogP contribution < -0.4 is 21.7 Å². The molecule has 4 amide bonds. The van der Waals surface area contributed by atoms with Crippen molar-refractivity contribution in [3.05, 3.63) is 39.9 Å². The van der Waals surface area contributed by atoms with Crippen LogP contribution in [0, 0.1) is 10.1 Å². The molecule has 0 spiro atoms. The highest BCUT2D eigenvalue weighted by Gasteiger charge is 2.56. The van der Waals surface area contributed by atoms with Crippen LogP contribution in [-0.2, 0) is 39.6 Å². The molecular formula is C39H59F3N6O16. The number of nitro benzene ring substituents is 1. The first-order valence-corrected chi connectivity index (χ1v) is 20.3. The number of nitrogens with one attached hydrogen (secondary N) is 3. The predicted molar refractivity (Wildman–Crippen MR) is 213 cm³/mol. The molecule has 13 atom stereocenters. The fourth-order valence-electron chi connectivity index (χ4n) is 7.83. The molecule has 22 nitrogen and oxygen atoms in total. The molecule has 1 aromatic carbocycles. The predicted octanol–water partition coefficient (Wildman–Crippen LogP) is 1.79. The van der Waals surface area contributed by atoms with E-state index in [0.717, 1.165) is 14.0 Å². The van der Waals surface area contributed by atoms with Crippen LogP contribution in [0.4, 0.5) is 33.2 Å². The Labute approximate surface area is 366 Å². The first-order chi connectivity index (χ1) is 29.4. The average Bonchev–Trinajstić information content (AvgIpc) is 3.13. The summed E-state index contributed by atoms with van der Waals surface area (Å²) < 4.78 is 75.6. The van der Waals surface area contributed by atoms with Crippen molar-refractivity contribution < 1.29 is 86.1 Å². The summed E-state index contributed by atoms with van der Waals surface area (Å²) in [7, 11) is 0.722. The van der Waals surface area contributed by atoms with Gasteiger partial charge >= 0.3 is 30.4 Å². The molecule has 25 heteroatoms. The topological polar surface area (TPSA) is 313 Å². The molecule has 1 saturated carbocycles. The second-order valence-corrected chi connectivity index (χ2v) is 18.3. The lowest BCUT2D eigenvalue weighted by Gasteiger charge is -2.50. The number of hydrogen-bond donors (Lipinski definition) is 8. The number of alkyl carbamates (subject to hydrolysis) is 2. The van der Waals surface area contributed by atoms with E-state index in [2.05, 4.69) is 16.0 Å². The number of carbonyl (C=O) groups excluding carboxylic acids is 3. The Balaban J connectivity index is 1.71. The Morgan fingerprint density at radius 3 is 2.00 bits per heavy atom. The van der Waals surface area contributed by atoms with Gasteiger partial charge in [-0.05, 0) is 79.7 Å². The number of ether oxygens (including phenoxy) is 6. The number of nitrogens with zero attached hydrogens (tertiary/aromatic N) is 2. The number of rotatable bonds is 12. The molecular weight excluding hydrogens is 865 g/mol. The highest BCUT2D eigenvalue weighted by molar-refractivity contribution is 5.82. The number of hydrogen-bond acceptors (Lipinski definition) is 16. The third-order valence-corrected chi connectivity index (χ3v) is 10.5. The Hall–Kier alpha value is -4.63. The van der Waals surface area contributed by atoms with E-state index in [0.29, 0.717) is 5.56 Å². The number of aliphatic hydroxyl groups excluding tert-OH is 2. The molecule has 3 aliphatic rings. The quantitative estimate of drug-likeness (QED) is 0.109. The minimum absolute atomic E-state index is 0.0349. The molecule has 0 bridgehead atoms. The number of nitro groups is 1. The highest BCUT2D eigenvalue weighted by Crippen LogP contribution is 2.35. The van der Waals surface area contributed by atoms with Crippen molar-refractivity contribution in [3.8, 4) is 0 Å². The summed E-state index contributed by atoms with van der Waals surface area (Å²) in [5.41, 5.74) is 2.58. The van der Waals surface area contributed by atoms with Crippen molar-refractivity contribution in [2.75, 3.05) is 13.7 Å². The molecule has 1 aromatic rings. The first kappa shape index (κ1) is 52.0. The summed E-state index contributed by atoms with van der Waals surface area (Å²) in [4.78, 5) is 61.4. The van der Waals surface area contributed by atoms with E-state index in [1.165, 1.54) is 24.3 Å². The summed E-state index contributed by atoms with van der Waals surface area (Å²) in [5, 5.41) is 63.1. The van der Waals surface area contributed by atoms with Gasteiger partial charge in [-0.25, -0.2) is 14.4 Å². The van der Waals surface area contributed by atoms with Gasteiger partial charge in [-0.2, -0.15) is 13.2 Å². The number of nitrogens with two attached hydrogens (primary N) is 1. The fourth-order valence-corrected chi connectivity index (χ4v) is 7.83. The molecule has 4 rings (SSSR count). The largest absolute Gasteiger partial charge is 0.471 e. The molecule has 3 fully saturated rings. The summed E-state index contributed by atoms with van der Waals surface area (Å²) >= 11 is 0. The number of non-ortho nitro benzene ring substituents is 1. The Bertz CT molecular complexity index is 1810. The van der Waals surface area contributed by atoms with Crippen LogP contribution in [0.25, 0.3) is 0 Å². The van der Waals surface area contributed by atoms with Gasteiger partial charge in [0.1, 0.15) is 41.2 Å². The van der Waals surface area contributed by atoms with E-state index in [1.54, 1.807) is 41.5 Å². The van der Waals surface area contributed by atoms with Gasteiger partial charge < -0.3 is 75.4 Å². The summed E-state index contributed by atoms with van der Waals surface area (Å²) in [5.74, 6) is -2.38. The summed E-state index contributed by atoms with van der Waals surface area (Å²) in [6.45, 7) is 9.91. The van der Waals surface area contributed by atoms with Crippen molar-refractivity contribution >= 4 is 29.9 Å². The number of benzene rings is 1. The van der Waals surface area contributed by atoms with Gasteiger partial charge in [0.2, 0.25) is 0 Å². The Morgan fingerprint density at radius 1 is 0.938 bits per heavy atom. The third kappa shape index (κ3) is 13.9. The van der Waals surface area contributed by atoms with Crippen molar-refractivity contribution in [2.45, 2.75) is 170 Å². The molecule has 1 aliphatic carbocycles. The van der Waals surface area contributed by atoms with Gasteiger partial charge in [0, 0.05) is 25.2 Å². The van der Waals surface area contributed by atoms with Gasteiger partial charge in [0.05, 0.1) is 41.8 Å². The average molecular weight is 925 g/mol. The van der Waals surface area contributed by atoms with E-state index in [1.807, 2.05) is 0 Å². The van der Waals surface area contributed by atoms with E-state index in [9.17, 15) is 62.9 Å². The van der Waals surface area contributed by atoms with Gasteiger partial charge in [0.15, 0.2) is 12.6 Å². The number of carboxylic acid groups (broad SMARTS) is 1. The maximum absolute atomic E-state index is 13.5. The maximum atomic E-state index is 13.5. The van der Waals surface area contributed by atoms with Crippen LogP contribution >= 0.6 is 0 Å². The molecule has 2 saturated heterocycles. The van der Waals surface area contributed by atoms with Crippen LogP contribution in [0.1, 0.15) is 73.3 Å². The van der Waals surface area contributed by atoms with E-state index in [4.69, 9.17) is 34.2 Å². The smallest absolute Gasteiger partial charge is 0.465 e. The number of carbonyl (C=O) groups is 4. The zero-order valence-electron chi connectivity index (χ0n) is 36.6. The Kier molecular flexibility index (Phi) is 16.5. The number of amides is 4. The lowest BCUT2D eigenvalue weighted by Crippen LogP contribution is -2.70. The van der Waals surface area contributed by atoms with Gasteiger partial charge in [-0.3, -0.25) is 14.9 Å². The molecule has 0 aromatic heterocycles. The second-order valence-electron chi connectivity index (χ2n) is 18.3. The summed E-state index contributed by atoms with van der Waals surface area (Å²) in [6.07, 6.45) is -20.7. The standard InChI is InChI=1S/C39H59F3N6O16/c1-36(2,3)63-34(54)45-21-13-14-24(22(44-33(52)53)15-18-9-11-19(12-10-18)48(57)58)60-30(21)62-28-23(46-35(55)64-37(4,5)6)16-20(43)27(25(28)49)61-31-26(50)29(38(7,56)17-59-31)47(8)32(51)39(40,41)42/h9-12,20-31,44,49-50,56H,13-17,43H2,1-8H3,(H,45,54)(H,46,55)(H,52,53)/t20-,21-,22?,23+,24+,25-,26-,27+,28-,29-,30-,31-,38+/m1/s1. The third-order valence-electron chi connectivity index (χ3n) is 10.5. The second kappa shape index (κ2) is 20.3. The summed E-state index contributed by atoms with van der Waals surface area (Å²) in [6, 6.07) is -1.17. The molecule has 362 valence electrons. The molecule has 9 N–H and O–H groups in total. The zero-order valence-corrected chi connectivity index (χ0v) is 36.6. The first-order valence-electron chi connectivity index (χ1n) is 20.3. The lowest BCUT2D eigenvalue weighted by molar-refractivity contribution is -0.384. The molecule has 2 aliphatic heterocycles. The number of halogens is 3. The van der Waals surface area contributed by atoms with E-state index in [-0.39, 0.29) is 36.3 Å². The lowest BCUT2D eigenvalue weighted by atomic mass is 9.83. The SMILES string of the molecule is CN(C(=O)C(F)(F)F)[C@@H]1[C@@H](O)[C@@H](O[C@@H]2[C@@H](O)[C@H](O[C@H]3O[C@H](C(Cc4ccc([N+](=O)[O-])cc4)NC(=O)O)CC[C@H]3NC(=O)OC(C)(C)C)[C@@H](NC(=O)OC(C)(C)C)C[C@H]2N)OC[C@]1(C)O. The van der Waals surface area contributed by atoms with E-state index >= 15 is 0 Å². The van der Waals surface area contributed by atoms with Crippen LogP contribution in [0.15, 0.2) is 24.3 Å². The Morgan fingerprint density at radius 2 is 1.48 bits per heavy atom. The maximum Gasteiger partial charge on any atom is 0.471 e.